The van der Waals surface area contributed by atoms with Gasteiger partial charge in [-0.1, -0.05) is 18.2 Å². The molecule has 3 heterocycles. The molecule has 1 aromatic carbocycles. The van der Waals surface area contributed by atoms with Crippen molar-refractivity contribution in [3.8, 4) is 0 Å². The van der Waals surface area contributed by atoms with Crippen molar-refractivity contribution in [1.82, 2.24) is 20.2 Å². The number of fused-ring (bicyclic) bond motifs is 1. The third kappa shape index (κ3) is 3.69. The number of para-hydroxylation sites is 1. The van der Waals surface area contributed by atoms with Gasteiger partial charge in [0.05, 0.1) is 11.5 Å². The number of hydrogen-bond acceptors (Lipinski definition) is 3. The van der Waals surface area contributed by atoms with Gasteiger partial charge in [0.15, 0.2) is 0 Å². The van der Waals surface area contributed by atoms with E-state index >= 15 is 0 Å². The summed E-state index contributed by atoms with van der Waals surface area (Å²) >= 11 is 0. The summed E-state index contributed by atoms with van der Waals surface area (Å²) in [4.78, 5) is 34.5. The molecule has 2 aromatic heterocycles. The van der Waals surface area contributed by atoms with Gasteiger partial charge in [0.1, 0.15) is 0 Å². The zero-order valence-corrected chi connectivity index (χ0v) is 15.0. The summed E-state index contributed by atoms with van der Waals surface area (Å²) in [6.45, 7) is 1.63. The number of rotatable bonds is 4. The first-order valence-corrected chi connectivity index (χ1v) is 9.24. The molecule has 138 valence electrons. The second-order valence-electron chi connectivity index (χ2n) is 6.91. The highest BCUT2D eigenvalue weighted by Crippen LogP contribution is 2.23. The average molecular weight is 362 g/mol. The maximum Gasteiger partial charge on any atom is 0.256 e. The number of amides is 2. The quantitative estimate of drug-likeness (QED) is 0.749. The fourth-order valence-corrected chi connectivity index (χ4v) is 3.63. The number of nitrogens with zero attached hydrogens (tertiary/aromatic N) is 2. The van der Waals surface area contributed by atoms with Gasteiger partial charge in [0.2, 0.25) is 5.91 Å². The third-order valence-electron chi connectivity index (χ3n) is 5.12. The molecule has 6 nitrogen and oxygen atoms in total. The summed E-state index contributed by atoms with van der Waals surface area (Å²) in [6, 6.07) is 11.5. The number of nitrogens with one attached hydrogen (secondary N) is 2. The lowest BCUT2D eigenvalue weighted by molar-refractivity contribution is -0.126. The number of aromatic nitrogens is 2. The Kier molecular flexibility index (Phi) is 4.87. The van der Waals surface area contributed by atoms with Gasteiger partial charge in [-0.05, 0) is 36.6 Å². The topological polar surface area (TPSA) is 78.1 Å². The second kappa shape index (κ2) is 7.61. The van der Waals surface area contributed by atoms with E-state index in [0.29, 0.717) is 25.2 Å². The zero-order chi connectivity index (χ0) is 18.6. The van der Waals surface area contributed by atoms with E-state index in [9.17, 15) is 9.59 Å². The molecule has 0 saturated carbocycles. The molecule has 1 saturated heterocycles. The Balaban J connectivity index is 1.41. The van der Waals surface area contributed by atoms with E-state index in [4.69, 9.17) is 0 Å². The Bertz CT molecular complexity index is 951. The van der Waals surface area contributed by atoms with E-state index in [0.717, 1.165) is 29.3 Å². The van der Waals surface area contributed by atoms with Crippen LogP contribution in [0.3, 0.4) is 0 Å². The van der Waals surface area contributed by atoms with Crippen molar-refractivity contribution in [2.24, 2.45) is 5.92 Å². The molecule has 2 N–H and O–H groups in total. The first-order valence-electron chi connectivity index (χ1n) is 9.24. The normalized spacial score (nSPS) is 17.0. The van der Waals surface area contributed by atoms with Crippen LogP contribution in [0.25, 0.3) is 10.9 Å². The number of aromatic amines is 1. The van der Waals surface area contributed by atoms with Crippen LogP contribution in [0.4, 0.5) is 0 Å². The number of piperidine rings is 1. The smallest absolute Gasteiger partial charge is 0.256 e. The number of likely N-dealkylation sites (tertiary alicyclic amines) is 1. The lowest BCUT2D eigenvalue weighted by atomic mass is 9.96. The lowest BCUT2D eigenvalue weighted by Crippen LogP contribution is -2.45. The molecule has 4 rings (SSSR count). The first kappa shape index (κ1) is 17.3. The maximum atomic E-state index is 13.0. The van der Waals surface area contributed by atoms with Crippen LogP contribution in [0.15, 0.2) is 55.0 Å². The highest BCUT2D eigenvalue weighted by molar-refractivity contribution is 6.06. The lowest BCUT2D eigenvalue weighted by Gasteiger charge is -2.32. The highest BCUT2D eigenvalue weighted by atomic mass is 16.2. The van der Waals surface area contributed by atoms with Crippen LogP contribution in [-0.4, -0.2) is 39.8 Å². The molecule has 1 atom stereocenters. The highest BCUT2D eigenvalue weighted by Gasteiger charge is 2.29. The van der Waals surface area contributed by atoms with Crippen LogP contribution < -0.4 is 5.32 Å². The Morgan fingerprint density at radius 2 is 2.00 bits per heavy atom. The SMILES string of the molecule is O=C(NCc1ccncc1)[C@H]1CCCN(C(=O)c2c[nH]c3ccccc23)C1. The van der Waals surface area contributed by atoms with Gasteiger partial charge in [-0.3, -0.25) is 14.6 Å². The Hall–Kier alpha value is -3.15. The zero-order valence-electron chi connectivity index (χ0n) is 15.0. The molecule has 3 aromatic rings. The molecule has 0 bridgehead atoms. The van der Waals surface area contributed by atoms with Gasteiger partial charge in [-0.15, -0.1) is 0 Å². The average Bonchev–Trinajstić information content (AvgIpc) is 3.16. The van der Waals surface area contributed by atoms with E-state index in [2.05, 4.69) is 15.3 Å². The standard InChI is InChI=1S/C21H22N4O2/c26-20(24-12-15-7-9-22-10-8-15)16-4-3-11-25(14-16)21(27)18-13-23-19-6-2-1-5-17(18)19/h1-2,5-10,13,16,23H,3-4,11-12,14H2,(H,24,26)/t16-/m0/s1. The summed E-state index contributed by atoms with van der Waals surface area (Å²) in [5.41, 5.74) is 2.63. The fraction of sp³-hybridized carbons (Fsp3) is 0.286. The van der Waals surface area contributed by atoms with Crippen molar-refractivity contribution < 1.29 is 9.59 Å². The molecule has 2 amide bonds. The predicted octanol–water partition coefficient (Wildman–Crippen LogP) is 2.73. The molecule has 1 fully saturated rings. The van der Waals surface area contributed by atoms with Crippen LogP contribution in [0.5, 0.6) is 0 Å². The number of H-pyrrole nitrogens is 1. The monoisotopic (exact) mass is 362 g/mol. The first-order chi connectivity index (χ1) is 13.2. The molecule has 0 radical (unpaired) electrons. The predicted molar refractivity (Wildman–Crippen MR) is 103 cm³/mol. The summed E-state index contributed by atoms with van der Waals surface area (Å²) in [7, 11) is 0. The Morgan fingerprint density at radius 1 is 1.19 bits per heavy atom. The Morgan fingerprint density at radius 3 is 2.85 bits per heavy atom. The molecule has 0 aliphatic carbocycles. The molecule has 1 aliphatic rings. The largest absolute Gasteiger partial charge is 0.360 e. The summed E-state index contributed by atoms with van der Waals surface area (Å²) in [5, 5.41) is 3.90. The van der Waals surface area contributed by atoms with Crippen LogP contribution in [0, 0.1) is 5.92 Å². The van der Waals surface area contributed by atoms with E-state index in [-0.39, 0.29) is 17.7 Å². The Labute approximate surface area is 157 Å². The molecule has 6 heteroatoms. The van der Waals surface area contributed by atoms with E-state index in [1.807, 2.05) is 36.4 Å². The van der Waals surface area contributed by atoms with Gasteiger partial charge in [0, 0.05) is 49.1 Å². The van der Waals surface area contributed by atoms with Gasteiger partial charge in [0.25, 0.3) is 5.91 Å². The molecule has 27 heavy (non-hydrogen) atoms. The molecule has 0 spiro atoms. The van der Waals surface area contributed by atoms with Gasteiger partial charge in [-0.25, -0.2) is 0 Å². The van der Waals surface area contributed by atoms with Crippen LogP contribution in [0.2, 0.25) is 0 Å². The van der Waals surface area contributed by atoms with Gasteiger partial charge >= 0.3 is 0 Å². The molecule has 0 unspecified atom stereocenters. The fourth-order valence-electron chi connectivity index (χ4n) is 3.63. The number of pyridine rings is 1. The van der Waals surface area contributed by atoms with Crippen LogP contribution in [0.1, 0.15) is 28.8 Å². The number of carbonyl (C=O) groups excluding carboxylic acids is 2. The number of benzene rings is 1. The summed E-state index contributed by atoms with van der Waals surface area (Å²) < 4.78 is 0. The minimum atomic E-state index is -0.172. The van der Waals surface area contributed by atoms with Crippen molar-refractivity contribution in [3.63, 3.8) is 0 Å². The second-order valence-corrected chi connectivity index (χ2v) is 6.91. The van der Waals surface area contributed by atoms with Crippen molar-refractivity contribution in [2.45, 2.75) is 19.4 Å². The van der Waals surface area contributed by atoms with Gasteiger partial charge < -0.3 is 15.2 Å². The number of carbonyl (C=O) groups is 2. The van der Waals surface area contributed by atoms with Gasteiger partial charge in [-0.2, -0.15) is 0 Å². The number of hydrogen-bond donors (Lipinski definition) is 2. The van der Waals surface area contributed by atoms with Crippen LogP contribution in [-0.2, 0) is 11.3 Å². The van der Waals surface area contributed by atoms with Crippen molar-refractivity contribution in [1.29, 1.82) is 0 Å². The molecular formula is C21H22N4O2. The van der Waals surface area contributed by atoms with E-state index in [1.54, 1.807) is 23.5 Å². The summed E-state index contributed by atoms with van der Waals surface area (Å²) in [6.07, 6.45) is 6.83. The van der Waals surface area contributed by atoms with Crippen LogP contribution >= 0.6 is 0 Å². The van der Waals surface area contributed by atoms with Crippen molar-refractivity contribution in [3.05, 3.63) is 66.1 Å². The molecular weight excluding hydrogens is 340 g/mol. The molecule has 1 aliphatic heterocycles. The van der Waals surface area contributed by atoms with Crippen molar-refractivity contribution >= 4 is 22.7 Å². The minimum absolute atomic E-state index is 0.00300. The minimum Gasteiger partial charge on any atom is -0.360 e. The third-order valence-corrected chi connectivity index (χ3v) is 5.12. The summed E-state index contributed by atoms with van der Waals surface area (Å²) in [5.74, 6) is -0.183. The maximum absolute atomic E-state index is 13.0. The van der Waals surface area contributed by atoms with Crippen molar-refractivity contribution in [2.75, 3.05) is 13.1 Å². The van der Waals surface area contributed by atoms with E-state index < -0.39 is 0 Å². The van der Waals surface area contributed by atoms with E-state index in [1.165, 1.54) is 0 Å².